The summed E-state index contributed by atoms with van der Waals surface area (Å²) in [5.41, 5.74) is 0. The highest BCUT2D eigenvalue weighted by atomic mass is 35.5. The minimum Gasteiger partial charge on any atom is -0.396 e. The molecule has 1 aromatic rings. The molecule has 0 radical (unpaired) electrons. The van der Waals surface area contributed by atoms with Crippen molar-refractivity contribution in [2.75, 3.05) is 6.61 Å². The molecule has 18 heavy (non-hydrogen) atoms. The average molecular weight is 296 g/mol. The van der Waals surface area contributed by atoms with Crippen molar-refractivity contribution in [3.8, 4) is 0 Å². The minimum absolute atomic E-state index is 0.0391. The third-order valence-electron chi connectivity index (χ3n) is 2.47. The molecule has 0 saturated carbocycles. The Morgan fingerprint density at radius 2 is 2.17 bits per heavy atom. The van der Waals surface area contributed by atoms with E-state index in [9.17, 15) is 12.8 Å². The Morgan fingerprint density at radius 3 is 2.72 bits per heavy atom. The maximum atomic E-state index is 13.1. The Labute approximate surface area is 111 Å². The van der Waals surface area contributed by atoms with Gasteiger partial charge in [-0.1, -0.05) is 18.5 Å². The standard InChI is InChI=1S/C11H15ClFNO3S/c1-2-9(5-6-15)14-18(16,17)11-7-8(13)3-4-10(11)12/h3-4,7,9,14-15H,2,5-6H2,1H3. The Morgan fingerprint density at radius 1 is 1.50 bits per heavy atom. The molecule has 102 valence electrons. The highest BCUT2D eigenvalue weighted by Crippen LogP contribution is 2.22. The summed E-state index contributed by atoms with van der Waals surface area (Å²) in [7, 11) is -3.88. The van der Waals surface area contributed by atoms with E-state index in [-0.39, 0.29) is 16.5 Å². The van der Waals surface area contributed by atoms with Gasteiger partial charge in [0.1, 0.15) is 10.7 Å². The zero-order chi connectivity index (χ0) is 13.8. The largest absolute Gasteiger partial charge is 0.396 e. The van der Waals surface area contributed by atoms with Gasteiger partial charge in [0.15, 0.2) is 0 Å². The van der Waals surface area contributed by atoms with Gasteiger partial charge in [-0.15, -0.1) is 0 Å². The summed E-state index contributed by atoms with van der Waals surface area (Å²) in [6.45, 7) is 1.66. The summed E-state index contributed by atoms with van der Waals surface area (Å²) in [5, 5.41) is 8.77. The molecule has 0 spiro atoms. The first kappa shape index (κ1) is 15.4. The van der Waals surface area contributed by atoms with Gasteiger partial charge in [0.25, 0.3) is 0 Å². The molecular formula is C11H15ClFNO3S. The number of hydrogen-bond donors (Lipinski definition) is 2. The van der Waals surface area contributed by atoms with Crippen LogP contribution in [0.2, 0.25) is 5.02 Å². The van der Waals surface area contributed by atoms with E-state index < -0.39 is 21.9 Å². The molecule has 1 atom stereocenters. The first-order chi connectivity index (χ1) is 8.40. The zero-order valence-corrected chi connectivity index (χ0v) is 11.4. The number of aliphatic hydroxyl groups is 1. The van der Waals surface area contributed by atoms with Crippen molar-refractivity contribution >= 4 is 21.6 Å². The fourth-order valence-corrected chi connectivity index (χ4v) is 3.33. The summed E-state index contributed by atoms with van der Waals surface area (Å²) >= 11 is 5.75. The van der Waals surface area contributed by atoms with Gasteiger partial charge in [0.2, 0.25) is 10.0 Å². The topological polar surface area (TPSA) is 66.4 Å². The van der Waals surface area contributed by atoms with Crippen LogP contribution >= 0.6 is 11.6 Å². The fourth-order valence-electron chi connectivity index (χ4n) is 1.47. The minimum atomic E-state index is -3.88. The lowest BCUT2D eigenvalue weighted by Crippen LogP contribution is -2.35. The molecule has 2 N–H and O–H groups in total. The van der Waals surface area contributed by atoms with Crippen LogP contribution in [0.5, 0.6) is 0 Å². The van der Waals surface area contributed by atoms with Crippen LogP contribution < -0.4 is 4.72 Å². The molecule has 7 heteroatoms. The summed E-state index contributed by atoms with van der Waals surface area (Å²) in [4.78, 5) is -0.291. The monoisotopic (exact) mass is 295 g/mol. The van der Waals surface area contributed by atoms with Gasteiger partial charge in [0.05, 0.1) is 5.02 Å². The van der Waals surface area contributed by atoms with Crippen LogP contribution in [0.15, 0.2) is 23.1 Å². The molecule has 0 aliphatic rings. The third-order valence-corrected chi connectivity index (χ3v) is 4.48. The van der Waals surface area contributed by atoms with Crippen LogP contribution in [0, 0.1) is 5.82 Å². The lowest BCUT2D eigenvalue weighted by atomic mass is 10.2. The first-order valence-electron chi connectivity index (χ1n) is 5.49. The van der Waals surface area contributed by atoms with E-state index in [0.717, 1.165) is 12.1 Å². The van der Waals surface area contributed by atoms with Gasteiger partial charge >= 0.3 is 0 Å². The molecule has 1 rings (SSSR count). The highest BCUT2D eigenvalue weighted by molar-refractivity contribution is 7.89. The molecule has 0 aliphatic heterocycles. The quantitative estimate of drug-likeness (QED) is 0.842. The van der Waals surface area contributed by atoms with Crippen LogP contribution in [0.4, 0.5) is 4.39 Å². The normalized spacial score (nSPS) is 13.6. The Balaban J connectivity index is 3.02. The molecule has 0 heterocycles. The SMILES string of the molecule is CCC(CCO)NS(=O)(=O)c1cc(F)ccc1Cl. The molecule has 0 fully saturated rings. The maximum Gasteiger partial charge on any atom is 0.242 e. The summed E-state index contributed by atoms with van der Waals surface area (Å²) in [6.07, 6.45) is 0.815. The second-order valence-corrected chi connectivity index (χ2v) is 5.90. The number of rotatable bonds is 6. The van der Waals surface area contributed by atoms with Gasteiger partial charge in [-0.2, -0.15) is 0 Å². The van der Waals surface area contributed by atoms with Crippen LogP contribution in [0.25, 0.3) is 0 Å². The second-order valence-electron chi connectivity index (χ2n) is 3.81. The van der Waals surface area contributed by atoms with E-state index in [1.54, 1.807) is 6.92 Å². The second kappa shape index (κ2) is 6.47. The van der Waals surface area contributed by atoms with Crippen LogP contribution in [-0.2, 0) is 10.0 Å². The molecule has 4 nitrogen and oxygen atoms in total. The van der Waals surface area contributed by atoms with Crippen molar-refractivity contribution in [3.05, 3.63) is 29.0 Å². The van der Waals surface area contributed by atoms with E-state index in [0.29, 0.717) is 12.8 Å². The fraction of sp³-hybridized carbons (Fsp3) is 0.455. The predicted octanol–water partition coefficient (Wildman–Crippen LogP) is 1.92. The molecule has 1 unspecified atom stereocenters. The molecule has 0 bridgehead atoms. The van der Waals surface area contributed by atoms with Gasteiger partial charge in [-0.3, -0.25) is 0 Å². The van der Waals surface area contributed by atoms with Crippen molar-refractivity contribution in [3.63, 3.8) is 0 Å². The van der Waals surface area contributed by atoms with E-state index in [2.05, 4.69) is 4.72 Å². The molecule has 0 saturated heterocycles. The first-order valence-corrected chi connectivity index (χ1v) is 7.35. The molecule has 0 amide bonds. The van der Waals surface area contributed by atoms with Crippen molar-refractivity contribution in [1.82, 2.24) is 4.72 Å². The summed E-state index contributed by atoms with van der Waals surface area (Å²) < 4.78 is 39.5. The van der Waals surface area contributed by atoms with Crippen LogP contribution in [-0.4, -0.2) is 26.2 Å². The molecule has 1 aromatic carbocycles. The Kier molecular flexibility index (Phi) is 5.52. The lowest BCUT2D eigenvalue weighted by Gasteiger charge is -2.16. The van der Waals surface area contributed by atoms with E-state index in [1.807, 2.05) is 0 Å². The van der Waals surface area contributed by atoms with Gasteiger partial charge in [-0.05, 0) is 31.0 Å². The predicted molar refractivity (Wildman–Crippen MR) is 67.5 cm³/mol. The van der Waals surface area contributed by atoms with Crippen LogP contribution in [0.3, 0.4) is 0 Å². The molecule has 0 aliphatic carbocycles. The summed E-state index contributed by atoms with van der Waals surface area (Å²) in [5.74, 6) is -0.671. The average Bonchev–Trinajstić information content (AvgIpc) is 2.31. The van der Waals surface area contributed by atoms with Crippen molar-refractivity contribution in [2.24, 2.45) is 0 Å². The van der Waals surface area contributed by atoms with E-state index in [1.165, 1.54) is 6.07 Å². The van der Waals surface area contributed by atoms with E-state index >= 15 is 0 Å². The van der Waals surface area contributed by atoms with Gasteiger partial charge < -0.3 is 5.11 Å². The van der Waals surface area contributed by atoms with Crippen molar-refractivity contribution < 1.29 is 17.9 Å². The summed E-state index contributed by atoms with van der Waals surface area (Å²) in [6, 6.07) is 2.75. The number of aliphatic hydroxyl groups excluding tert-OH is 1. The lowest BCUT2D eigenvalue weighted by molar-refractivity contribution is 0.270. The Hall–Kier alpha value is -0.690. The number of sulfonamides is 1. The molecular weight excluding hydrogens is 281 g/mol. The van der Waals surface area contributed by atoms with Crippen LogP contribution in [0.1, 0.15) is 19.8 Å². The Bertz CT molecular complexity index is 507. The van der Waals surface area contributed by atoms with E-state index in [4.69, 9.17) is 16.7 Å². The van der Waals surface area contributed by atoms with Crippen molar-refractivity contribution in [1.29, 1.82) is 0 Å². The smallest absolute Gasteiger partial charge is 0.242 e. The number of hydrogen-bond acceptors (Lipinski definition) is 3. The highest BCUT2D eigenvalue weighted by Gasteiger charge is 2.22. The van der Waals surface area contributed by atoms with Gasteiger partial charge in [-0.25, -0.2) is 17.5 Å². The number of halogens is 2. The zero-order valence-electron chi connectivity index (χ0n) is 9.86. The molecule has 0 aromatic heterocycles. The van der Waals surface area contributed by atoms with Crippen molar-refractivity contribution in [2.45, 2.75) is 30.7 Å². The third kappa shape index (κ3) is 3.91. The number of nitrogens with one attached hydrogen (secondary N) is 1. The maximum absolute atomic E-state index is 13.1. The van der Waals surface area contributed by atoms with Gasteiger partial charge in [0, 0.05) is 12.6 Å². The number of benzene rings is 1.